The van der Waals surface area contributed by atoms with Crippen LogP contribution < -0.4 is 4.72 Å². The van der Waals surface area contributed by atoms with Gasteiger partial charge in [-0.25, -0.2) is 13.1 Å². The molecule has 0 bridgehead atoms. The van der Waals surface area contributed by atoms with Crippen molar-refractivity contribution in [3.63, 3.8) is 0 Å². The molecule has 5 nitrogen and oxygen atoms in total. The summed E-state index contributed by atoms with van der Waals surface area (Å²) in [5, 5.41) is 0. The standard InChI is InChI=1S/C19H25N3O2S/c1-3-22-11-5-7-17(22)14-21-25(23,24)18-8-9-19(15(2)12-18)16-6-4-10-20-13-16/h4,6,8-10,12-13,17,21H,3,5,7,11,14H2,1-2H3. The Morgan fingerprint density at radius 2 is 2.16 bits per heavy atom. The fourth-order valence-electron chi connectivity index (χ4n) is 3.48. The minimum Gasteiger partial charge on any atom is -0.299 e. The van der Waals surface area contributed by atoms with Crippen LogP contribution in [-0.4, -0.2) is 44.0 Å². The lowest BCUT2D eigenvalue weighted by atomic mass is 10.0. The predicted molar refractivity (Wildman–Crippen MR) is 99.9 cm³/mol. The highest BCUT2D eigenvalue weighted by molar-refractivity contribution is 7.89. The van der Waals surface area contributed by atoms with Gasteiger partial charge in [0.15, 0.2) is 0 Å². The zero-order chi connectivity index (χ0) is 17.9. The summed E-state index contributed by atoms with van der Waals surface area (Å²) in [4.78, 5) is 6.78. The van der Waals surface area contributed by atoms with Gasteiger partial charge < -0.3 is 0 Å². The summed E-state index contributed by atoms with van der Waals surface area (Å²) in [6.45, 7) is 6.54. The van der Waals surface area contributed by atoms with Crippen molar-refractivity contribution in [2.75, 3.05) is 19.6 Å². The van der Waals surface area contributed by atoms with Gasteiger partial charge >= 0.3 is 0 Å². The van der Waals surface area contributed by atoms with E-state index < -0.39 is 10.0 Å². The number of likely N-dealkylation sites (tertiary alicyclic amines) is 1. The molecule has 1 aromatic carbocycles. The zero-order valence-corrected chi connectivity index (χ0v) is 15.6. The van der Waals surface area contributed by atoms with Gasteiger partial charge in [-0.05, 0) is 62.2 Å². The van der Waals surface area contributed by atoms with E-state index in [1.807, 2.05) is 25.1 Å². The highest BCUT2D eigenvalue weighted by atomic mass is 32.2. The summed E-state index contributed by atoms with van der Waals surface area (Å²) < 4.78 is 28.1. The Labute approximate surface area is 150 Å². The van der Waals surface area contributed by atoms with Gasteiger partial charge in [0, 0.05) is 30.5 Å². The van der Waals surface area contributed by atoms with Crippen LogP contribution >= 0.6 is 0 Å². The second-order valence-electron chi connectivity index (χ2n) is 6.49. The van der Waals surface area contributed by atoms with Crippen molar-refractivity contribution in [2.24, 2.45) is 0 Å². The Bertz CT molecular complexity index is 822. The van der Waals surface area contributed by atoms with Gasteiger partial charge in [0.05, 0.1) is 4.90 Å². The second-order valence-corrected chi connectivity index (χ2v) is 8.26. The van der Waals surface area contributed by atoms with Crippen LogP contribution in [0, 0.1) is 6.92 Å². The van der Waals surface area contributed by atoms with Crippen LogP contribution in [0.1, 0.15) is 25.3 Å². The van der Waals surface area contributed by atoms with Gasteiger partial charge in [0.1, 0.15) is 0 Å². The van der Waals surface area contributed by atoms with E-state index in [2.05, 4.69) is 21.5 Å². The zero-order valence-electron chi connectivity index (χ0n) is 14.8. The molecule has 134 valence electrons. The number of aryl methyl sites for hydroxylation is 1. The van der Waals surface area contributed by atoms with Crippen molar-refractivity contribution >= 4 is 10.0 Å². The molecule has 6 heteroatoms. The number of hydrogen-bond acceptors (Lipinski definition) is 4. The molecule has 1 unspecified atom stereocenters. The second kappa shape index (κ2) is 7.64. The maximum absolute atomic E-state index is 12.6. The highest BCUT2D eigenvalue weighted by Crippen LogP contribution is 2.25. The molecule has 3 rings (SSSR count). The summed E-state index contributed by atoms with van der Waals surface area (Å²) in [5.41, 5.74) is 2.91. The van der Waals surface area contributed by atoms with Crippen LogP contribution in [0.3, 0.4) is 0 Å². The molecule has 1 atom stereocenters. The quantitative estimate of drug-likeness (QED) is 0.861. The smallest absolute Gasteiger partial charge is 0.240 e. The Morgan fingerprint density at radius 3 is 2.84 bits per heavy atom. The summed E-state index contributed by atoms with van der Waals surface area (Å²) in [6.07, 6.45) is 5.70. The van der Waals surface area contributed by atoms with Gasteiger partial charge in [-0.2, -0.15) is 0 Å². The molecule has 1 saturated heterocycles. The van der Waals surface area contributed by atoms with Gasteiger partial charge in [0.2, 0.25) is 10.0 Å². The maximum Gasteiger partial charge on any atom is 0.240 e. The summed E-state index contributed by atoms with van der Waals surface area (Å²) >= 11 is 0. The lowest BCUT2D eigenvalue weighted by Crippen LogP contribution is -2.40. The number of hydrogen-bond donors (Lipinski definition) is 1. The van der Waals surface area contributed by atoms with Crippen LogP contribution in [0.5, 0.6) is 0 Å². The summed E-state index contributed by atoms with van der Waals surface area (Å²) in [5.74, 6) is 0. The number of benzene rings is 1. The minimum atomic E-state index is -3.49. The van der Waals surface area contributed by atoms with Crippen molar-refractivity contribution in [1.29, 1.82) is 0 Å². The largest absolute Gasteiger partial charge is 0.299 e. The molecular weight excluding hydrogens is 334 g/mol. The lowest BCUT2D eigenvalue weighted by molar-refractivity contribution is 0.268. The molecule has 0 saturated carbocycles. The molecule has 0 spiro atoms. The molecule has 0 aliphatic carbocycles. The average Bonchev–Trinajstić information content (AvgIpc) is 3.08. The molecule has 1 fully saturated rings. The van der Waals surface area contributed by atoms with Gasteiger partial charge in [-0.15, -0.1) is 0 Å². The number of nitrogens with zero attached hydrogens (tertiary/aromatic N) is 2. The molecule has 1 aliphatic rings. The van der Waals surface area contributed by atoms with Crippen molar-refractivity contribution in [2.45, 2.75) is 37.6 Å². The van der Waals surface area contributed by atoms with Gasteiger partial charge in [-0.1, -0.05) is 19.1 Å². The normalized spacial score (nSPS) is 18.6. The van der Waals surface area contributed by atoms with Crippen LogP contribution in [0.4, 0.5) is 0 Å². The first-order valence-electron chi connectivity index (χ1n) is 8.76. The fourth-order valence-corrected chi connectivity index (χ4v) is 4.64. The molecule has 25 heavy (non-hydrogen) atoms. The van der Waals surface area contributed by atoms with E-state index in [0.29, 0.717) is 17.5 Å². The monoisotopic (exact) mass is 359 g/mol. The van der Waals surface area contributed by atoms with Gasteiger partial charge in [0.25, 0.3) is 0 Å². The number of aromatic nitrogens is 1. The van der Waals surface area contributed by atoms with E-state index in [1.165, 1.54) is 0 Å². The molecule has 0 radical (unpaired) electrons. The van der Waals surface area contributed by atoms with E-state index in [9.17, 15) is 8.42 Å². The Balaban J connectivity index is 1.75. The first kappa shape index (κ1) is 18.0. The third kappa shape index (κ3) is 4.08. The first-order valence-corrected chi connectivity index (χ1v) is 10.2. The molecule has 2 aromatic rings. The number of sulfonamides is 1. The van der Waals surface area contributed by atoms with Crippen molar-refractivity contribution in [1.82, 2.24) is 14.6 Å². The third-order valence-electron chi connectivity index (χ3n) is 4.89. The molecular formula is C19H25N3O2S. The fraction of sp³-hybridized carbons (Fsp3) is 0.421. The maximum atomic E-state index is 12.6. The molecule has 0 amide bonds. The molecule has 2 heterocycles. The van der Waals surface area contributed by atoms with E-state index in [0.717, 1.165) is 42.6 Å². The van der Waals surface area contributed by atoms with Crippen LogP contribution in [0.2, 0.25) is 0 Å². The first-order chi connectivity index (χ1) is 12.0. The molecule has 1 N–H and O–H groups in total. The lowest BCUT2D eigenvalue weighted by Gasteiger charge is -2.23. The Kier molecular flexibility index (Phi) is 5.51. The predicted octanol–water partition coefficient (Wildman–Crippen LogP) is 2.82. The SMILES string of the molecule is CCN1CCCC1CNS(=O)(=O)c1ccc(-c2cccnc2)c(C)c1. The van der Waals surface area contributed by atoms with Gasteiger partial charge in [-0.3, -0.25) is 9.88 Å². The van der Waals surface area contributed by atoms with E-state index in [-0.39, 0.29) is 0 Å². The van der Waals surface area contributed by atoms with Crippen molar-refractivity contribution in [3.8, 4) is 11.1 Å². The molecule has 1 aromatic heterocycles. The van der Waals surface area contributed by atoms with Crippen LogP contribution in [0.15, 0.2) is 47.6 Å². The van der Waals surface area contributed by atoms with Crippen LogP contribution in [0.25, 0.3) is 11.1 Å². The van der Waals surface area contributed by atoms with Crippen molar-refractivity contribution in [3.05, 3.63) is 48.3 Å². The topological polar surface area (TPSA) is 62.3 Å². The summed E-state index contributed by atoms with van der Waals surface area (Å²) in [7, 11) is -3.49. The van der Waals surface area contributed by atoms with E-state index in [1.54, 1.807) is 24.5 Å². The minimum absolute atomic E-state index is 0.301. The summed E-state index contributed by atoms with van der Waals surface area (Å²) in [6, 6.07) is 9.41. The Morgan fingerprint density at radius 1 is 1.32 bits per heavy atom. The highest BCUT2D eigenvalue weighted by Gasteiger charge is 2.25. The van der Waals surface area contributed by atoms with E-state index in [4.69, 9.17) is 0 Å². The average molecular weight is 359 g/mol. The number of rotatable bonds is 6. The van der Waals surface area contributed by atoms with E-state index >= 15 is 0 Å². The molecule has 1 aliphatic heterocycles. The number of likely N-dealkylation sites (N-methyl/N-ethyl adjacent to an activating group) is 1. The van der Waals surface area contributed by atoms with Crippen molar-refractivity contribution < 1.29 is 8.42 Å². The van der Waals surface area contributed by atoms with Crippen LogP contribution in [-0.2, 0) is 10.0 Å². The third-order valence-corrected chi connectivity index (χ3v) is 6.32. The number of pyridine rings is 1. The Hall–Kier alpha value is -1.76. The number of nitrogens with one attached hydrogen (secondary N) is 1.